The molecule has 1 aromatic rings. The number of aromatic nitrogens is 1. The summed E-state index contributed by atoms with van der Waals surface area (Å²) in [5.74, 6) is -0.755. The van der Waals surface area contributed by atoms with Crippen LogP contribution in [0, 0.1) is 5.92 Å². The van der Waals surface area contributed by atoms with Crippen molar-refractivity contribution in [3.8, 4) is 0 Å². The van der Waals surface area contributed by atoms with Crippen molar-refractivity contribution in [3.05, 3.63) is 18.0 Å². The molecule has 21 heavy (non-hydrogen) atoms. The second kappa shape index (κ2) is 6.19. The Morgan fingerprint density at radius 1 is 1.48 bits per heavy atom. The molecule has 1 fully saturated rings. The predicted molar refractivity (Wildman–Crippen MR) is 78.8 cm³/mol. The molecular formula is C14H22N2O4S. The van der Waals surface area contributed by atoms with Gasteiger partial charge in [-0.25, -0.2) is 17.9 Å². The summed E-state index contributed by atoms with van der Waals surface area (Å²) in [6.07, 6.45) is 5.76. The number of rotatable bonds is 6. The summed E-state index contributed by atoms with van der Waals surface area (Å²) >= 11 is 0. The molecule has 0 bridgehead atoms. The molecule has 2 N–H and O–H groups in total. The minimum absolute atomic E-state index is 0.00797. The van der Waals surface area contributed by atoms with Gasteiger partial charge in [0.2, 0.25) is 10.0 Å². The van der Waals surface area contributed by atoms with Crippen LogP contribution in [0.4, 0.5) is 0 Å². The number of nitrogens with one attached hydrogen (secondary N) is 1. The predicted octanol–water partition coefficient (Wildman–Crippen LogP) is 2.06. The van der Waals surface area contributed by atoms with Gasteiger partial charge >= 0.3 is 5.97 Å². The number of sulfonamides is 1. The van der Waals surface area contributed by atoms with E-state index in [1.807, 2.05) is 6.92 Å². The number of carboxylic acid groups (broad SMARTS) is 1. The third kappa shape index (κ3) is 3.47. The third-order valence-electron chi connectivity index (χ3n) is 4.19. The monoisotopic (exact) mass is 314 g/mol. The van der Waals surface area contributed by atoms with E-state index in [9.17, 15) is 13.2 Å². The lowest BCUT2D eigenvalue weighted by molar-refractivity contribution is 0.0685. The van der Waals surface area contributed by atoms with Crippen molar-refractivity contribution in [3.63, 3.8) is 0 Å². The Morgan fingerprint density at radius 3 is 2.57 bits per heavy atom. The van der Waals surface area contributed by atoms with Crippen LogP contribution in [0.2, 0.25) is 0 Å². The molecule has 0 aliphatic heterocycles. The van der Waals surface area contributed by atoms with Crippen LogP contribution in [0.5, 0.6) is 0 Å². The molecule has 0 radical (unpaired) electrons. The van der Waals surface area contributed by atoms with Gasteiger partial charge in [-0.3, -0.25) is 0 Å². The Labute approximate surface area is 125 Å². The Morgan fingerprint density at radius 2 is 2.10 bits per heavy atom. The van der Waals surface area contributed by atoms with Crippen LogP contribution >= 0.6 is 0 Å². The number of aryl methyl sites for hydroxylation is 1. The first-order chi connectivity index (χ1) is 9.85. The molecule has 1 aliphatic carbocycles. The quantitative estimate of drug-likeness (QED) is 0.841. The molecule has 1 aliphatic rings. The van der Waals surface area contributed by atoms with E-state index in [2.05, 4.69) is 4.72 Å². The molecule has 0 amide bonds. The fourth-order valence-electron chi connectivity index (χ4n) is 2.94. The van der Waals surface area contributed by atoms with E-state index in [1.54, 1.807) is 6.92 Å². The van der Waals surface area contributed by atoms with Crippen molar-refractivity contribution in [1.29, 1.82) is 0 Å². The third-order valence-corrected chi connectivity index (χ3v) is 5.72. The zero-order chi connectivity index (χ0) is 15.6. The molecule has 1 aromatic heterocycles. The normalized spacial score (nSPS) is 18.0. The molecule has 2 rings (SSSR count). The molecule has 6 nitrogen and oxygen atoms in total. The van der Waals surface area contributed by atoms with Gasteiger partial charge in [0.25, 0.3) is 0 Å². The lowest BCUT2D eigenvalue weighted by Crippen LogP contribution is -2.37. The standard InChI is InChI=1S/C14H22N2O4S/c1-3-16-9-12(8-13(16)14(17)18)21(19,20)15-10(2)11-6-4-5-7-11/h8-11,15H,3-7H2,1-2H3,(H,17,18)/t10-/m1/s1. The van der Waals surface area contributed by atoms with E-state index in [0.717, 1.165) is 25.7 Å². The summed E-state index contributed by atoms with van der Waals surface area (Å²) in [4.78, 5) is 11.1. The minimum Gasteiger partial charge on any atom is -0.477 e. The van der Waals surface area contributed by atoms with Crippen LogP contribution in [-0.2, 0) is 16.6 Å². The van der Waals surface area contributed by atoms with Crippen LogP contribution in [0.1, 0.15) is 50.0 Å². The molecule has 1 saturated carbocycles. The summed E-state index contributed by atoms with van der Waals surface area (Å²) in [5.41, 5.74) is -0.00797. The number of carboxylic acids is 1. The van der Waals surface area contributed by atoms with Crippen molar-refractivity contribution in [1.82, 2.24) is 9.29 Å². The molecular weight excluding hydrogens is 292 g/mol. The maximum Gasteiger partial charge on any atom is 0.352 e. The first-order valence-electron chi connectivity index (χ1n) is 7.31. The van der Waals surface area contributed by atoms with Crippen LogP contribution in [0.3, 0.4) is 0 Å². The Kier molecular flexibility index (Phi) is 4.73. The summed E-state index contributed by atoms with van der Waals surface area (Å²) < 4.78 is 28.9. The fraction of sp³-hybridized carbons (Fsp3) is 0.643. The topological polar surface area (TPSA) is 88.4 Å². The Bertz CT molecular complexity index is 615. The van der Waals surface area contributed by atoms with Gasteiger partial charge in [-0.05, 0) is 38.7 Å². The lowest BCUT2D eigenvalue weighted by Gasteiger charge is -2.19. The number of hydrogen-bond acceptors (Lipinski definition) is 3. The molecule has 1 atom stereocenters. The van der Waals surface area contributed by atoms with E-state index in [-0.39, 0.29) is 16.6 Å². The van der Waals surface area contributed by atoms with Crippen LogP contribution in [-0.4, -0.2) is 30.1 Å². The molecule has 7 heteroatoms. The highest BCUT2D eigenvalue weighted by Gasteiger charge is 2.27. The first kappa shape index (κ1) is 16.0. The zero-order valence-electron chi connectivity index (χ0n) is 12.4. The number of carbonyl (C=O) groups is 1. The van der Waals surface area contributed by atoms with Gasteiger partial charge in [-0.1, -0.05) is 12.8 Å². The van der Waals surface area contributed by atoms with Gasteiger partial charge in [0.1, 0.15) is 10.6 Å². The van der Waals surface area contributed by atoms with Crippen molar-refractivity contribution < 1.29 is 18.3 Å². The summed E-state index contributed by atoms with van der Waals surface area (Å²) in [6, 6.07) is 1.09. The fourth-order valence-corrected chi connectivity index (χ4v) is 4.29. The van der Waals surface area contributed by atoms with Crippen molar-refractivity contribution in [2.24, 2.45) is 5.92 Å². The zero-order valence-corrected chi connectivity index (χ0v) is 13.2. The average Bonchev–Trinajstić information content (AvgIpc) is 3.07. The first-order valence-corrected chi connectivity index (χ1v) is 8.79. The highest BCUT2D eigenvalue weighted by Crippen LogP contribution is 2.28. The highest BCUT2D eigenvalue weighted by atomic mass is 32.2. The van der Waals surface area contributed by atoms with Crippen LogP contribution in [0.15, 0.2) is 17.2 Å². The summed E-state index contributed by atoms with van der Waals surface area (Å²) in [5, 5.41) is 9.09. The van der Waals surface area contributed by atoms with Crippen molar-refractivity contribution in [2.75, 3.05) is 0 Å². The van der Waals surface area contributed by atoms with Gasteiger partial charge < -0.3 is 9.67 Å². The minimum atomic E-state index is -3.68. The average molecular weight is 314 g/mol. The lowest BCUT2D eigenvalue weighted by atomic mass is 10.0. The molecule has 118 valence electrons. The number of nitrogens with zero attached hydrogens (tertiary/aromatic N) is 1. The number of hydrogen-bond donors (Lipinski definition) is 2. The van der Waals surface area contributed by atoms with Gasteiger partial charge in [-0.15, -0.1) is 0 Å². The number of aromatic carboxylic acids is 1. The molecule has 0 saturated heterocycles. The maximum absolute atomic E-state index is 12.4. The van der Waals surface area contributed by atoms with Crippen molar-refractivity contribution in [2.45, 2.75) is 57.0 Å². The van der Waals surface area contributed by atoms with Gasteiger partial charge in [0.15, 0.2) is 0 Å². The van der Waals surface area contributed by atoms with E-state index >= 15 is 0 Å². The van der Waals surface area contributed by atoms with E-state index < -0.39 is 16.0 Å². The highest BCUT2D eigenvalue weighted by molar-refractivity contribution is 7.89. The molecule has 1 heterocycles. The molecule has 0 aromatic carbocycles. The van der Waals surface area contributed by atoms with Crippen molar-refractivity contribution >= 4 is 16.0 Å². The van der Waals surface area contributed by atoms with E-state index in [0.29, 0.717) is 12.5 Å². The SMILES string of the molecule is CCn1cc(S(=O)(=O)N[C@H](C)C2CCCC2)cc1C(=O)O. The van der Waals surface area contributed by atoms with Gasteiger partial charge in [0, 0.05) is 18.8 Å². The van der Waals surface area contributed by atoms with E-state index in [1.165, 1.54) is 16.8 Å². The van der Waals surface area contributed by atoms with Gasteiger partial charge in [0.05, 0.1) is 0 Å². The Hall–Kier alpha value is -1.34. The van der Waals surface area contributed by atoms with E-state index in [4.69, 9.17) is 5.11 Å². The van der Waals surface area contributed by atoms with Crippen LogP contribution < -0.4 is 4.72 Å². The molecule has 0 spiro atoms. The maximum atomic E-state index is 12.4. The van der Waals surface area contributed by atoms with Crippen LogP contribution in [0.25, 0.3) is 0 Å². The van der Waals surface area contributed by atoms with Gasteiger partial charge in [-0.2, -0.15) is 0 Å². The Balaban J connectivity index is 2.20. The second-order valence-corrected chi connectivity index (χ2v) is 7.32. The summed E-state index contributed by atoms with van der Waals surface area (Å²) in [7, 11) is -3.68. The smallest absolute Gasteiger partial charge is 0.352 e. The molecule has 0 unspecified atom stereocenters. The summed E-state index contributed by atoms with van der Waals surface area (Å²) in [6.45, 7) is 4.06. The second-order valence-electron chi connectivity index (χ2n) is 5.61. The largest absolute Gasteiger partial charge is 0.477 e.